The number of imidazole rings is 1. The summed E-state index contributed by atoms with van der Waals surface area (Å²) in [7, 11) is 1.61. The van der Waals surface area contributed by atoms with Crippen LogP contribution in [0, 0.1) is 0 Å². The smallest absolute Gasteiger partial charge is 0.303 e. The Morgan fingerprint density at radius 1 is 1.27 bits per heavy atom. The van der Waals surface area contributed by atoms with Gasteiger partial charge in [-0.25, -0.2) is 4.98 Å². The first-order valence-electron chi connectivity index (χ1n) is 8.73. The van der Waals surface area contributed by atoms with Crippen molar-refractivity contribution in [2.75, 3.05) is 31.6 Å². The zero-order valence-corrected chi connectivity index (χ0v) is 14.8. The van der Waals surface area contributed by atoms with Crippen molar-refractivity contribution in [1.29, 1.82) is 0 Å². The minimum absolute atomic E-state index is 0.0450. The predicted octanol–water partition coefficient (Wildman–Crippen LogP) is 0.989. The molecule has 0 aliphatic carbocycles. The summed E-state index contributed by atoms with van der Waals surface area (Å²) >= 11 is 0. The van der Waals surface area contributed by atoms with Gasteiger partial charge in [0.1, 0.15) is 11.5 Å². The Bertz CT molecular complexity index is 795. The maximum absolute atomic E-state index is 12.0. The van der Waals surface area contributed by atoms with Gasteiger partial charge >= 0.3 is 5.97 Å². The molecule has 0 atom stereocenters. The van der Waals surface area contributed by atoms with E-state index in [1.807, 2.05) is 28.8 Å². The van der Waals surface area contributed by atoms with Gasteiger partial charge in [-0.2, -0.15) is 0 Å². The molecule has 140 valence electrons. The number of fused-ring (bicyclic) bond motifs is 1. The van der Waals surface area contributed by atoms with Crippen LogP contribution in [0.25, 0.3) is 5.65 Å². The second kappa shape index (κ2) is 7.33. The van der Waals surface area contributed by atoms with Crippen LogP contribution in [0.5, 0.6) is 0 Å². The highest BCUT2D eigenvalue weighted by molar-refractivity contribution is 5.80. The summed E-state index contributed by atoms with van der Waals surface area (Å²) in [5, 5.41) is 19.5. The Morgan fingerprint density at radius 3 is 2.69 bits per heavy atom. The molecule has 8 heteroatoms. The van der Waals surface area contributed by atoms with Crippen LogP contribution < -0.4 is 4.90 Å². The van der Waals surface area contributed by atoms with E-state index >= 15 is 0 Å². The van der Waals surface area contributed by atoms with Gasteiger partial charge in [0, 0.05) is 45.5 Å². The molecule has 8 nitrogen and oxygen atoms in total. The molecule has 0 bridgehead atoms. The standard InChI is InChI=1S/C18H24N4O4/c1-20(16(23)5-6-17(24)25)13-18(26)7-10-21(11-8-18)15-4-2-3-14-19-9-12-22(14)15/h2-4,9,12,26H,5-8,10-11,13H2,1H3,(H,24,25). The molecule has 3 rings (SSSR count). The molecule has 26 heavy (non-hydrogen) atoms. The van der Waals surface area contributed by atoms with E-state index in [0.717, 1.165) is 11.5 Å². The first kappa shape index (κ1) is 18.2. The van der Waals surface area contributed by atoms with Gasteiger partial charge < -0.3 is 20.0 Å². The van der Waals surface area contributed by atoms with Crippen LogP contribution >= 0.6 is 0 Å². The van der Waals surface area contributed by atoms with Crippen molar-refractivity contribution in [1.82, 2.24) is 14.3 Å². The summed E-state index contributed by atoms with van der Waals surface area (Å²) in [5.41, 5.74) is -0.0699. The molecular formula is C18H24N4O4. The third-order valence-corrected chi connectivity index (χ3v) is 4.93. The number of carbonyl (C=O) groups is 2. The van der Waals surface area contributed by atoms with E-state index in [-0.39, 0.29) is 25.3 Å². The fourth-order valence-corrected chi connectivity index (χ4v) is 3.43. The number of hydrogen-bond acceptors (Lipinski definition) is 5. The Kier molecular flexibility index (Phi) is 5.13. The minimum atomic E-state index is -0.993. The van der Waals surface area contributed by atoms with Gasteiger partial charge in [0.05, 0.1) is 12.0 Å². The molecule has 0 radical (unpaired) electrons. The number of carbonyl (C=O) groups excluding carboxylic acids is 1. The van der Waals surface area contributed by atoms with Gasteiger partial charge in [0.15, 0.2) is 0 Å². The van der Waals surface area contributed by atoms with E-state index in [0.29, 0.717) is 25.9 Å². The van der Waals surface area contributed by atoms with Crippen LogP contribution in [0.2, 0.25) is 0 Å². The number of piperidine rings is 1. The fraction of sp³-hybridized carbons (Fsp3) is 0.500. The van der Waals surface area contributed by atoms with Gasteiger partial charge in [0.25, 0.3) is 0 Å². The molecule has 2 aromatic heterocycles. The lowest BCUT2D eigenvalue weighted by molar-refractivity contribution is -0.141. The van der Waals surface area contributed by atoms with Gasteiger partial charge in [-0.3, -0.25) is 14.0 Å². The molecule has 1 amide bonds. The normalized spacial score (nSPS) is 16.6. The number of likely N-dealkylation sites (N-methyl/N-ethyl adjacent to an activating group) is 1. The number of rotatable bonds is 6. The van der Waals surface area contributed by atoms with Crippen molar-refractivity contribution in [2.45, 2.75) is 31.3 Å². The van der Waals surface area contributed by atoms with Gasteiger partial charge in [0.2, 0.25) is 5.91 Å². The summed E-state index contributed by atoms with van der Waals surface area (Å²) in [6, 6.07) is 5.94. The fourth-order valence-electron chi connectivity index (χ4n) is 3.43. The Labute approximate surface area is 151 Å². The summed E-state index contributed by atoms with van der Waals surface area (Å²) in [5.74, 6) is -0.216. The summed E-state index contributed by atoms with van der Waals surface area (Å²) in [4.78, 5) is 30.5. The number of anilines is 1. The van der Waals surface area contributed by atoms with Crippen molar-refractivity contribution in [3.05, 3.63) is 30.6 Å². The van der Waals surface area contributed by atoms with E-state index < -0.39 is 11.6 Å². The van der Waals surface area contributed by atoms with E-state index in [1.165, 1.54) is 4.90 Å². The molecule has 0 spiro atoms. The van der Waals surface area contributed by atoms with E-state index in [9.17, 15) is 14.7 Å². The second-order valence-electron chi connectivity index (χ2n) is 6.89. The molecule has 2 aromatic rings. The van der Waals surface area contributed by atoms with Crippen LogP contribution in [0.4, 0.5) is 5.82 Å². The van der Waals surface area contributed by atoms with Crippen molar-refractivity contribution < 1.29 is 19.8 Å². The number of nitrogens with zero attached hydrogens (tertiary/aromatic N) is 4. The summed E-state index contributed by atoms with van der Waals surface area (Å²) < 4.78 is 2.02. The SMILES string of the molecule is CN(CC1(O)CCN(c2cccc3nccn23)CC1)C(=O)CCC(=O)O. The first-order valence-corrected chi connectivity index (χ1v) is 8.73. The van der Waals surface area contributed by atoms with Crippen molar-refractivity contribution in [3.63, 3.8) is 0 Å². The third kappa shape index (κ3) is 3.96. The van der Waals surface area contributed by atoms with Crippen molar-refractivity contribution in [2.24, 2.45) is 0 Å². The van der Waals surface area contributed by atoms with Crippen molar-refractivity contribution >= 4 is 23.3 Å². The van der Waals surface area contributed by atoms with E-state index in [4.69, 9.17) is 5.11 Å². The summed E-state index contributed by atoms with van der Waals surface area (Å²) in [6.45, 7) is 1.56. The molecule has 3 heterocycles. The monoisotopic (exact) mass is 360 g/mol. The quantitative estimate of drug-likeness (QED) is 0.797. The molecular weight excluding hydrogens is 336 g/mol. The van der Waals surface area contributed by atoms with Crippen LogP contribution in [0.15, 0.2) is 30.6 Å². The minimum Gasteiger partial charge on any atom is -0.481 e. The Hall–Kier alpha value is -2.61. The van der Waals surface area contributed by atoms with Crippen LogP contribution in [-0.4, -0.2) is 68.7 Å². The van der Waals surface area contributed by atoms with Crippen molar-refractivity contribution in [3.8, 4) is 0 Å². The largest absolute Gasteiger partial charge is 0.481 e. The lowest BCUT2D eigenvalue weighted by Crippen LogP contribution is -2.51. The predicted molar refractivity (Wildman–Crippen MR) is 96.1 cm³/mol. The Balaban J connectivity index is 1.59. The van der Waals surface area contributed by atoms with Crippen LogP contribution in [0.1, 0.15) is 25.7 Å². The number of carboxylic acids is 1. The maximum atomic E-state index is 12.0. The number of carboxylic acid groups (broad SMARTS) is 1. The molecule has 0 unspecified atom stereocenters. The van der Waals surface area contributed by atoms with E-state index in [2.05, 4.69) is 9.88 Å². The Morgan fingerprint density at radius 2 is 2.00 bits per heavy atom. The van der Waals surface area contributed by atoms with Gasteiger partial charge in [-0.05, 0) is 25.0 Å². The molecule has 1 saturated heterocycles. The van der Waals surface area contributed by atoms with Gasteiger partial charge in [-0.1, -0.05) is 6.07 Å². The molecule has 1 fully saturated rings. The number of aromatic nitrogens is 2. The highest BCUT2D eigenvalue weighted by Crippen LogP contribution is 2.27. The topological polar surface area (TPSA) is 98.4 Å². The average Bonchev–Trinajstić information content (AvgIpc) is 3.08. The molecule has 1 aliphatic heterocycles. The molecule has 0 aromatic carbocycles. The molecule has 2 N–H and O–H groups in total. The zero-order valence-electron chi connectivity index (χ0n) is 14.8. The number of amides is 1. The number of pyridine rings is 1. The first-order chi connectivity index (χ1) is 12.4. The van der Waals surface area contributed by atoms with Crippen LogP contribution in [-0.2, 0) is 9.59 Å². The third-order valence-electron chi connectivity index (χ3n) is 4.93. The highest BCUT2D eigenvalue weighted by Gasteiger charge is 2.35. The number of hydrogen-bond donors (Lipinski definition) is 2. The number of aliphatic carboxylic acids is 1. The lowest BCUT2D eigenvalue weighted by atomic mass is 9.90. The molecule has 0 saturated carbocycles. The lowest BCUT2D eigenvalue weighted by Gasteiger charge is -2.41. The zero-order chi connectivity index (χ0) is 18.7. The maximum Gasteiger partial charge on any atom is 0.303 e. The van der Waals surface area contributed by atoms with E-state index in [1.54, 1.807) is 13.2 Å². The van der Waals surface area contributed by atoms with Crippen LogP contribution in [0.3, 0.4) is 0 Å². The molecule has 1 aliphatic rings. The highest BCUT2D eigenvalue weighted by atomic mass is 16.4. The number of aliphatic hydroxyl groups is 1. The second-order valence-corrected chi connectivity index (χ2v) is 6.89. The van der Waals surface area contributed by atoms with Gasteiger partial charge in [-0.15, -0.1) is 0 Å². The average molecular weight is 360 g/mol. The summed E-state index contributed by atoms with van der Waals surface area (Å²) in [6.07, 6.45) is 4.52.